The summed E-state index contributed by atoms with van der Waals surface area (Å²) in [5.41, 5.74) is 1.32. The Balaban J connectivity index is 1.63. The molecule has 1 fully saturated rings. The summed E-state index contributed by atoms with van der Waals surface area (Å²) in [5.74, 6) is -1.03. The van der Waals surface area contributed by atoms with Crippen molar-refractivity contribution in [3.05, 3.63) is 105 Å². The summed E-state index contributed by atoms with van der Waals surface area (Å²) in [7, 11) is 0. The lowest BCUT2D eigenvalue weighted by Crippen LogP contribution is -2.29. The van der Waals surface area contributed by atoms with Crippen LogP contribution in [0.25, 0.3) is 5.76 Å². The number of nitro benzene ring substituents is 1. The van der Waals surface area contributed by atoms with Crippen LogP contribution in [0.4, 0.5) is 5.69 Å². The molecule has 0 saturated carbocycles. The van der Waals surface area contributed by atoms with E-state index in [1.54, 1.807) is 18.2 Å². The van der Waals surface area contributed by atoms with Crippen molar-refractivity contribution in [2.24, 2.45) is 0 Å². The lowest BCUT2D eigenvalue weighted by molar-refractivity contribution is -0.384. The van der Waals surface area contributed by atoms with Crippen LogP contribution < -0.4 is 9.47 Å². The number of rotatable bonds is 5. The van der Waals surface area contributed by atoms with Crippen LogP contribution in [0.3, 0.4) is 0 Å². The van der Waals surface area contributed by atoms with E-state index < -0.39 is 22.7 Å². The lowest BCUT2D eigenvalue weighted by atomic mass is 9.95. The predicted octanol–water partition coefficient (Wildman–Crippen LogP) is 3.99. The van der Waals surface area contributed by atoms with Crippen molar-refractivity contribution in [1.82, 2.24) is 4.90 Å². The van der Waals surface area contributed by atoms with E-state index in [9.17, 15) is 24.8 Å². The second kappa shape index (κ2) is 8.94. The number of non-ortho nitro benzene ring substituents is 1. The first-order chi connectivity index (χ1) is 16.9. The second-order valence-corrected chi connectivity index (χ2v) is 8.12. The molecule has 1 atom stereocenters. The molecule has 0 spiro atoms. The Morgan fingerprint density at radius 2 is 1.66 bits per heavy atom. The fraction of sp³-hybridized carbons (Fsp3) is 0.154. The Labute approximate surface area is 200 Å². The minimum Gasteiger partial charge on any atom is -0.507 e. The molecule has 35 heavy (non-hydrogen) atoms. The van der Waals surface area contributed by atoms with Crippen LogP contribution in [0.15, 0.2) is 78.4 Å². The van der Waals surface area contributed by atoms with Gasteiger partial charge < -0.3 is 19.5 Å². The van der Waals surface area contributed by atoms with E-state index in [1.807, 2.05) is 30.3 Å². The first-order valence-electron chi connectivity index (χ1n) is 10.9. The molecule has 3 aromatic carbocycles. The zero-order chi connectivity index (χ0) is 24.5. The Kier molecular flexibility index (Phi) is 5.66. The summed E-state index contributed by atoms with van der Waals surface area (Å²) in [6.07, 6.45) is 0. The number of hydrogen-bond acceptors (Lipinski definition) is 7. The molecule has 176 valence electrons. The minimum absolute atomic E-state index is 0.100. The smallest absolute Gasteiger partial charge is 0.295 e. The van der Waals surface area contributed by atoms with Crippen LogP contribution in [-0.4, -0.2) is 39.8 Å². The molecule has 0 aromatic heterocycles. The van der Waals surface area contributed by atoms with Crippen molar-refractivity contribution in [1.29, 1.82) is 0 Å². The van der Waals surface area contributed by atoms with Crippen LogP contribution in [0.5, 0.6) is 11.5 Å². The molecule has 9 nitrogen and oxygen atoms in total. The van der Waals surface area contributed by atoms with Gasteiger partial charge in [0, 0.05) is 24.2 Å². The third-order valence-corrected chi connectivity index (χ3v) is 5.97. The van der Waals surface area contributed by atoms with Crippen LogP contribution in [0.1, 0.15) is 22.7 Å². The van der Waals surface area contributed by atoms with E-state index in [0.717, 1.165) is 5.56 Å². The molecule has 0 bridgehead atoms. The predicted molar refractivity (Wildman–Crippen MR) is 125 cm³/mol. The fourth-order valence-electron chi connectivity index (χ4n) is 4.29. The largest absolute Gasteiger partial charge is 0.507 e. The molecule has 2 heterocycles. The van der Waals surface area contributed by atoms with Crippen LogP contribution in [0, 0.1) is 10.1 Å². The highest BCUT2D eigenvalue weighted by molar-refractivity contribution is 6.46. The Hall–Kier alpha value is -4.66. The number of benzene rings is 3. The molecule has 1 amide bonds. The molecular formula is C26H20N2O7. The maximum atomic E-state index is 13.2. The molecule has 0 unspecified atom stereocenters. The van der Waals surface area contributed by atoms with Gasteiger partial charge in [-0.05, 0) is 41.5 Å². The van der Waals surface area contributed by atoms with Gasteiger partial charge in [0.05, 0.1) is 16.5 Å². The number of nitro groups is 1. The van der Waals surface area contributed by atoms with Crippen LogP contribution >= 0.6 is 0 Å². The third kappa shape index (κ3) is 4.08. The van der Waals surface area contributed by atoms with Gasteiger partial charge in [0.1, 0.15) is 19.0 Å². The first kappa shape index (κ1) is 22.1. The molecule has 5 rings (SSSR count). The van der Waals surface area contributed by atoms with Crippen molar-refractivity contribution in [3.8, 4) is 11.5 Å². The first-order valence-corrected chi connectivity index (χ1v) is 10.9. The molecule has 2 aliphatic rings. The number of carbonyl (C=O) groups is 2. The van der Waals surface area contributed by atoms with Crippen LogP contribution in [-0.2, 0) is 16.1 Å². The standard InChI is InChI=1S/C26H20N2O7/c29-24(18-8-11-20-21(14-18)35-13-12-34-20)22-23(17-6-9-19(10-7-17)28(32)33)27(26(31)25(22)30)15-16-4-2-1-3-5-16/h1-11,14,23,29H,12-13,15H2/t23-/m0/s1. The van der Waals surface area contributed by atoms with E-state index in [-0.39, 0.29) is 23.6 Å². The van der Waals surface area contributed by atoms with Gasteiger partial charge in [-0.2, -0.15) is 0 Å². The van der Waals surface area contributed by atoms with Crippen molar-refractivity contribution in [2.75, 3.05) is 13.2 Å². The topological polar surface area (TPSA) is 119 Å². The highest BCUT2D eigenvalue weighted by atomic mass is 16.6. The van der Waals surface area contributed by atoms with Crippen molar-refractivity contribution >= 4 is 23.1 Å². The zero-order valence-corrected chi connectivity index (χ0v) is 18.4. The van der Waals surface area contributed by atoms with Gasteiger partial charge in [0.2, 0.25) is 0 Å². The summed E-state index contributed by atoms with van der Waals surface area (Å²) in [6.45, 7) is 0.871. The number of ether oxygens (including phenoxy) is 2. The van der Waals surface area contributed by atoms with Gasteiger partial charge in [0.15, 0.2) is 11.5 Å². The van der Waals surface area contributed by atoms with E-state index in [2.05, 4.69) is 0 Å². The molecule has 9 heteroatoms. The average Bonchev–Trinajstić information content (AvgIpc) is 3.13. The molecule has 0 aliphatic carbocycles. The van der Waals surface area contributed by atoms with E-state index >= 15 is 0 Å². The molecule has 0 radical (unpaired) electrons. The normalized spacial score (nSPS) is 18.5. The van der Waals surface area contributed by atoms with E-state index in [4.69, 9.17) is 9.47 Å². The Morgan fingerprint density at radius 1 is 0.971 bits per heavy atom. The van der Waals surface area contributed by atoms with Crippen molar-refractivity contribution < 1.29 is 29.1 Å². The second-order valence-electron chi connectivity index (χ2n) is 8.12. The van der Waals surface area contributed by atoms with Gasteiger partial charge in [-0.25, -0.2) is 0 Å². The van der Waals surface area contributed by atoms with Gasteiger partial charge in [-0.15, -0.1) is 0 Å². The average molecular weight is 472 g/mol. The number of amides is 1. The molecule has 2 aliphatic heterocycles. The number of aliphatic hydroxyl groups excluding tert-OH is 1. The number of Topliss-reactive ketones (excluding diaryl/α,β-unsaturated/α-hetero) is 1. The molecule has 1 N–H and O–H groups in total. The van der Waals surface area contributed by atoms with Gasteiger partial charge in [-0.3, -0.25) is 19.7 Å². The fourth-order valence-corrected chi connectivity index (χ4v) is 4.29. The van der Waals surface area contributed by atoms with Gasteiger partial charge in [-0.1, -0.05) is 30.3 Å². The zero-order valence-electron chi connectivity index (χ0n) is 18.4. The van der Waals surface area contributed by atoms with Crippen molar-refractivity contribution in [3.63, 3.8) is 0 Å². The highest BCUT2D eigenvalue weighted by Gasteiger charge is 2.46. The van der Waals surface area contributed by atoms with E-state index in [1.165, 1.54) is 29.2 Å². The number of hydrogen-bond donors (Lipinski definition) is 1. The molecular weight excluding hydrogens is 452 g/mol. The Bertz CT molecular complexity index is 1350. The third-order valence-electron chi connectivity index (χ3n) is 5.97. The maximum absolute atomic E-state index is 13.2. The summed E-state index contributed by atoms with van der Waals surface area (Å²) in [6, 6.07) is 18.6. The Morgan fingerprint density at radius 3 is 2.34 bits per heavy atom. The number of fused-ring (bicyclic) bond motifs is 1. The summed E-state index contributed by atoms with van der Waals surface area (Å²) < 4.78 is 11.1. The molecule has 3 aromatic rings. The maximum Gasteiger partial charge on any atom is 0.295 e. The quantitative estimate of drug-likeness (QED) is 0.196. The number of aliphatic hydroxyl groups is 1. The number of carbonyl (C=O) groups excluding carboxylic acids is 2. The van der Waals surface area contributed by atoms with Gasteiger partial charge in [0.25, 0.3) is 17.4 Å². The van der Waals surface area contributed by atoms with Crippen LogP contribution in [0.2, 0.25) is 0 Å². The van der Waals surface area contributed by atoms with Gasteiger partial charge >= 0.3 is 0 Å². The van der Waals surface area contributed by atoms with E-state index in [0.29, 0.717) is 35.8 Å². The van der Waals surface area contributed by atoms with Crippen molar-refractivity contribution in [2.45, 2.75) is 12.6 Å². The monoisotopic (exact) mass is 472 g/mol. The number of likely N-dealkylation sites (tertiary alicyclic amines) is 1. The molecule has 1 saturated heterocycles. The SMILES string of the molecule is O=C1C(=O)N(Cc2ccccc2)[C@@H](c2ccc([N+](=O)[O-])cc2)C1=C(O)c1ccc2c(c1)OCCO2. The summed E-state index contributed by atoms with van der Waals surface area (Å²) >= 11 is 0. The number of ketones is 1. The summed E-state index contributed by atoms with van der Waals surface area (Å²) in [4.78, 5) is 38.3. The lowest BCUT2D eigenvalue weighted by Gasteiger charge is -2.25. The summed E-state index contributed by atoms with van der Waals surface area (Å²) in [5, 5.41) is 22.4. The highest BCUT2D eigenvalue weighted by Crippen LogP contribution is 2.42. The minimum atomic E-state index is -0.941. The number of nitrogens with zero attached hydrogens (tertiary/aromatic N) is 2.